The van der Waals surface area contributed by atoms with Gasteiger partial charge in [-0.1, -0.05) is 29.8 Å². The minimum atomic E-state index is -3.57. The number of hydrogen-bond acceptors (Lipinski definition) is 5. The summed E-state index contributed by atoms with van der Waals surface area (Å²) in [5.74, 6) is 1.23. The van der Waals surface area contributed by atoms with Crippen molar-refractivity contribution in [3.8, 4) is 0 Å². The minimum Gasteiger partial charge on any atom is -0.445 e. The van der Waals surface area contributed by atoms with Crippen LogP contribution in [-0.2, 0) is 16.4 Å². The lowest BCUT2D eigenvalue weighted by Gasteiger charge is -2.30. The largest absolute Gasteiger partial charge is 0.445 e. The van der Waals surface area contributed by atoms with Gasteiger partial charge < -0.3 is 4.42 Å². The van der Waals surface area contributed by atoms with Crippen LogP contribution in [0.1, 0.15) is 36.0 Å². The van der Waals surface area contributed by atoms with Gasteiger partial charge in [-0.15, -0.1) is 0 Å². The van der Waals surface area contributed by atoms with Crippen molar-refractivity contribution in [2.75, 3.05) is 13.1 Å². The van der Waals surface area contributed by atoms with Crippen molar-refractivity contribution in [3.05, 3.63) is 77.2 Å². The highest BCUT2D eigenvalue weighted by atomic mass is 35.5. The number of nitrogens with zero attached hydrogens (tertiary/aromatic N) is 3. The first-order valence-electron chi connectivity index (χ1n) is 9.12. The molecule has 1 saturated heterocycles. The fourth-order valence-electron chi connectivity index (χ4n) is 3.43. The monoisotopic (exact) mass is 417 g/mol. The van der Waals surface area contributed by atoms with Crippen molar-refractivity contribution in [2.24, 2.45) is 0 Å². The van der Waals surface area contributed by atoms with Crippen molar-refractivity contribution >= 4 is 21.6 Å². The van der Waals surface area contributed by atoms with Gasteiger partial charge in [0.25, 0.3) is 0 Å². The molecule has 0 saturated carbocycles. The maximum atomic E-state index is 12.9. The van der Waals surface area contributed by atoms with Crippen molar-refractivity contribution in [2.45, 2.75) is 30.1 Å². The van der Waals surface area contributed by atoms with Crippen LogP contribution in [-0.4, -0.2) is 35.8 Å². The Bertz CT molecular complexity index is 1050. The van der Waals surface area contributed by atoms with Gasteiger partial charge in [0, 0.05) is 42.8 Å². The van der Waals surface area contributed by atoms with E-state index >= 15 is 0 Å². The highest BCUT2D eigenvalue weighted by Crippen LogP contribution is 2.30. The van der Waals surface area contributed by atoms with Crippen molar-refractivity contribution in [3.63, 3.8) is 0 Å². The molecule has 6 nitrogen and oxygen atoms in total. The van der Waals surface area contributed by atoms with Gasteiger partial charge >= 0.3 is 0 Å². The van der Waals surface area contributed by atoms with E-state index in [4.69, 9.17) is 16.0 Å². The first-order chi connectivity index (χ1) is 13.5. The first-order valence-corrected chi connectivity index (χ1v) is 10.9. The summed E-state index contributed by atoms with van der Waals surface area (Å²) in [5, 5.41) is 0.687. The molecule has 0 radical (unpaired) electrons. The smallest absolute Gasteiger partial charge is 0.244 e. The van der Waals surface area contributed by atoms with E-state index in [0.717, 1.165) is 24.2 Å². The lowest BCUT2D eigenvalue weighted by Crippen LogP contribution is -2.39. The van der Waals surface area contributed by atoms with Gasteiger partial charge in [0.15, 0.2) is 5.89 Å². The fourth-order valence-corrected chi connectivity index (χ4v) is 5.12. The predicted molar refractivity (Wildman–Crippen MR) is 106 cm³/mol. The van der Waals surface area contributed by atoms with Crippen LogP contribution < -0.4 is 0 Å². The number of pyridine rings is 1. The van der Waals surface area contributed by atoms with Crippen LogP contribution in [0.2, 0.25) is 5.02 Å². The van der Waals surface area contributed by atoms with Crippen LogP contribution in [0.5, 0.6) is 0 Å². The van der Waals surface area contributed by atoms with E-state index in [1.54, 1.807) is 24.5 Å². The van der Waals surface area contributed by atoms with Gasteiger partial charge in [-0.05, 0) is 36.6 Å². The molecule has 1 unspecified atom stereocenters. The molecule has 1 atom stereocenters. The van der Waals surface area contributed by atoms with Crippen LogP contribution in [0.15, 0.2) is 64.3 Å². The van der Waals surface area contributed by atoms with Gasteiger partial charge in [-0.3, -0.25) is 4.98 Å². The average Bonchev–Trinajstić information content (AvgIpc) is 3.19. The van der Waals surface area contributed by atoms with Crippen LogP contribution in [0, 0.1) is 0 Å². The van der Waals surface area contributed by atoms with Crippen molar-refractivity contribution < 1.29 is 12.8 Å². The molecule has 1 aromatic carbocycles. The molecule has 0 N–H and O–H groups in total. The standard InChI is InChI=1S/C20H20ClN3O3S/c21-19-8-2-1-5-15(19)11-17-12-23-20(27-17)16-6-4-10-24(14-16)28(25,26)18-7-3-9-22-13-18/h1-3,5,7-9,12-13,16H,4,6,10-11,14H2. The third-order valence-corrected chi connectivity index (χ3v) is 7.12. The third-order valence-electron chi connectivity index (χ3n) is 4.90. The molecule has 8 heteroatoms. The van der Waals surface area contributed by atoms with Gasteiger partial charge in [0.1, 0.15) is 10.7 Å². The Balaban J connectivity index is 1.50. The number of rotatable bonds is 5. The van der Waals surface area contributed by atoms with Gasteiger partial charge in [0.05, 0.1) is 6.20 Å². The molecule has 0 aliphatic carbocycles. The SMILES string of the molecule is O=S(=O)(c1cccnc1)N1CCCC(c2ncc(Cc3ccccc3Cl)o2)C1. The predicted octanol–water partition coefficient (Wildman–Crippen LogP) is 3.88. The molecule has 0 bridgehead atoms. The summed E-state index contributed by atoms with van der Waals surface area (Å²) in [6.07, 6.45) is 6.79. The van der Waals surface area contributed by atoms with Crippen LogP contribution in [0.4, 0.5) is 0 Å². The van der Waals surface area contributed by atoms with Gasteiger partial charge in [-0.25, -0.2) is 13.4 Å². The number of piperidine rings is 1. The molecule has 1 aliphatic heterocycles. The van der Waals surface area contributed by atoms with E-state index in [2.05, 4.69) is 9.97 Å². The Kier molecular flexibility index (Phi) is 5.48. The molecule has 0 amide bonds. The Hall–Kier alpha value is -2.22. The Morgan fingerprint density at radius 1 is 1.18 bits per heavy atom. The molecule has 28 heavy (non-hydrogen) atoms. The zero-order chi connectivity index (χ0) is 19.6. The minimum absolute atomic E-state index is 0.0693. The molecule has 2 aromatic heterocycles. The van der Waals surface area contributed by atoms with Crippen LogP contribution in [0.3, 0.4) is 0 Å². The summed E-state index contributed by atoms with van der Waals surface area (Å²) in [6, 6.07) is 10.8. The van der Waals surface area contributed by atoms with Crippen LogP contribution >= 0.6 is 11.6 Å². The van der Waals surface area contributed by atoms with Gasteiger partial charge in [0.2, 0.25) is 10.0 Å². The molecule has 0 spiro atoms. The van der Waals surface area contributed by atoms with E-state index in [1.807, 2.05) is 24.3 Å². The summed E-state index contributed by atoms with van der Waals surface area (Å²) in [5.41, 5.74) is 0.969. The Labute approximate surface area is 169 Å². The van der Waals surface area contributed by atoms with E-state index < -0.39 is 10.0 Å². The zero-order valence-corrected chi connectivity index (χ0v) is 16.7. The number of hydrogen-bond donors (Lipinski definition) is 0. The fraction of sp³-hybridized carbons (Fsp3) is 0.300. The number of benzene rings is 1. The second-order valence-electron chi connectivity index (χ2n) is 6.82. The van der Waals surface area contributed by atoms with E-state index in [1.165, 1.54) is 10.5 Å². The molecule has 1 aliphatic rings. The van der Waals surface area contributed by atoms with E-state index in [0.29, 0.717) is 30.4 Å². The van der Waals surface area contributed by atoms with E-state index in [9.17, 15) is 8.42 Å². The Morgan fingerprint density at radius 3 is 2.82 bits per heavy atom. The molecule has 3 aromatic rings. The van der Waals surface area contributed by atoms with E-state index in [-0.39, 0.29) is 10.8 Å². The highest BCUT2D eigenvalue weighted by Gasteiger charge is 2.33. The lowest BCUT2D eigenvalue weighted by molar-refractivity contribution is 0.281. The van der Waals surface area contributed by atoms with Gasteiger partial charge in [-0.2, -0.15) is 4.31 Å². The highest BCUT2D eigenvalue weighted by molar-refractivity contribution is 7.89. The van der Waals surface area contributed by atoms with Crippen molar-refractivity contribution in [1.29, 1.82) is 0 Å². The topological polar surface area (TPSA) is 76.3 Å². The number of aromatic nitrogens is 2. The number of halogens is 1. The number of sulfonamides is 1. The second-order valence-corrected chi connectivity index (χ2v) is 9.17. The average molecular weight is 418 g/mol. The summed E-state index contributed by atoms with van der Waals surface area (Å²) in [6.45, 7) is 0.837. The molecule has 1 fully saturated rings. The lowest BCUT2D eigenvalue weighted by atomic mass is 10.00. The quantitative estimate of drug-likeness (QED) is 0.629. The summed E-state index contributed by atoms with van der Waals surface area (Å²) in [4.78, 5) is 8.55. The maximum absolute atomic E-state index is 12.9. The first kappa shape index (κ1) is 19.1. The molecule has 4 rings (SSSR count). The summed E-state index contributed by atoms with van der Waals surface area (Å²) < 4.78 is 33.2. The zero-order valence-electron chi connectivity index (χ0n) is 15.2. The molecular weight excluding hydrogens is 398 g/mol. The van der Waals surface area contributed by atoms with Crippen LogP contribution in [0.25, 0.3) is 0 Å². The number of oxazole rings is 1. The van der Waals surface area contributed by atoms with Crippen molar-refractivity contribution in [1.82, 2.24) is 14.3 Å². The summed E-state index contributed by atoms with van der Waals surface area (Å²) in [7, 11) is -3.57. The maximum Gasteiger partial charge on any atom is 0.244 e. The third kappa shape index (κ3) is 3.97. The molecular formula is C20H20ClN3O3S. The Morgan fingerprint density at radius 2 is 2.04 bits per heavy atom. The molecule has 146 valence electrons. The molecule has 3 heterocycles. The second kappa shape index (κ2) is 8.03. The normalized spacial score (nSPS) is 18.2. The summed E-state index contributed by atoms with van der Waals surface area (Å²) >= 11 is 6.22.